The third kappa shape index (κ3) is 2.51. The van der Waals surface area contributed by atoms with Crippen molar-refractivity contribution < 1.29 is 9.13 Å². The quantitative estimate of drug-likeness (QED) is 0.684. The summed E-state index contributed by atoms with van der Waals surface area (Å²) in [4.78, 5) is 0. The third-order valence-electron chi connectivity index (χ3n) is 2.77. The summed E-state index contributed by atoms with van der Waals surface area (Å²) in [6, 6.07) is 0.166. The first-order valence-corrected chi connectivity index (χ1v) is 4.70. The van der Waals surface area contributed by atoms with Gasteiger partial charge in [-0.15, -0.1) is 0 Å². The van der Waals surface area contributed by atoms with Gasteiger partial charge < -0.3 is 10.5 Å². The third-order valence-corrected chi connectivity index (χ3v) is 2.77. The second kappa shape index (κ2) is 4.20. The molecular formula is C10H18FNO. The number of methoxy groups -OCH3 is 1. The minimum Gasteiger partial charge on any atom is -0.380 e. The van der Waals surface area contributed by atoms with E-state index in [9.17, 15) is 4.39 Å². The highest BCUT2D eigenvalue weighted by Crippen LogP contribution is 2.36. The van der Waals surface area contributed by atoms with Crippen LogP contribution in [0.5, 0.6) is 0 Å². The molecular weight excluding hydrogens is 169 g/mol. The van der Waals surface area contributed by atoms with E-state index in [1.807, 2.05) is 0 Å². The Morgan fingerprint density at radius 3 is 2.62 bits per heavy atom. The number of rotatable bonds is 3. The molecule has 2 N–H and O–H groups in total. The molecule has 0 spiro atoms. The fraction of sp³-hybridized carbons (Fsp3) is 0.800. The zero-order valence-electron chi connectivity index (χ0n) is 8.18. The van der Waals surface area contributed by atoms with E-state index in [-0.39, 0.29) is 6.04 Å². The Balaban J connectivity index is 2.51. The second-order valence-corrected chi connectivity index (χ2v) is 3.84. The van der Waals surface area contributed by atoms with Gasteiger partial charge in [0, 0.05) is 13.2 Å². The Hall–Kier alpha value is -0.410. The van der Waals surface area contributed by atoms with Gasteiger partial charge in [0.2, 0.25) is 0 Å². The maximum Gasteiger partial charge on any atom is 0.134 e. The minimum absolute atomic E-state index is 0.166. The molecule has 0 saturated heterocycles. The average Bonchev–Trinajstić information content (AvgIpc) is 2.11. The number of hydrogen-bond acceptors (Lipinski definition) is 2. The first kappa shape index (κ1) is 10.7. The van der Waals surface area contributed by atoms with E-state index < -0.39 is 5.67 Å². The maximum atomic E-state index is 14.1. The summed E-state index contributed by atoms with van der Waals surface area (Å²) >= 11 is 0. The van der Waals surface area contributed by atoms with Crippen molar-refractivity contribution in [1.29, 1.82) is 0 Å². The molecule has 3 heteroatoms. The van der Waals surface area contributed by atoms with Gasteiger partial charge in [0.25, 0.3) is 0 Å². The molecule has 1 aliphatic carbocycles. The van der Waals surface area contributed by atoms with Crippen LogP contribution >= 0.6 is 0 Å². The zero-order chi connectivity index (χ0) is 9.90. The average molecular weight is 187 g/mol. The van der Waals surface area contributed by atoms with Crippen molar-refractivity contribution in [3.8, 4) is 0 Å². The molecule has 1 saturated carbocycles. The summed E-state index contributed by atoms with van der Waals surface area (Å²) in [6.07, 6.45) is 2.49. The van der Waals surface area contributed by atoms with Gasteiger partial charge in [-0.25, -0.2) is 4.39 Å². The van der Waals surface area contributed by atoms with Crippen LogP contribution in [0.25, 0.3) is 0 Å². The van der Waals surface area contributed by atoms with E-state index >= 15 is 0 Å². The first-order chi connectivity index (χ1) is 6.08. The van der Waals surface area contributed by atoms with Crippen LogP contribution in [-0.2, 0) is 4.74 Å². The summed E-state index contributed by atoms with van der Waals surface area (Å²) in [5, 5.41) is 0. The van der Waals surface area contributed by atoms with Crippen molar-refractivity contribution in [1.82, 2.24) is 0 Å². The Morgan fingerprint density at radius 1 is 1.62 bits per heavy atom. The summed E-state index contributed by atoms with van der Waals surface area (Å²) in [6.45, 7) is 4.04. The van der Waals surface area contributed by atoms with Gasteiger partial charge in [-0.1, -0.05) is 6.58 Å². The highest BCUT2D eigenvalue weighted by Gasteiger charge is 2.36. The smallest absolute Gasteiger partial charge is 0.134 e. The highest BCUT2D eigenvalue weighted by atomic mass is 19.1. The van der Waals surface area contributed by atoms with E-state index in [0.717, 1.165) is 12.8 Å². The molecule has 0 bridgehead atoms. The summed E-state index contributed by atoms with van der Waals surface area (Å²) in [5.74, 6) is 0. The number of ether oxygens (including phenoxy) is 1. The van der Waals surface area contributed by atoms with Crippen LogP contribution in [0.1, 0.15) is 25.7 Å². The molecule has 0 aromatic heterocycles. The molecule has 76 valence electrons. The SMILES string of the molecule is C=C(COC)C1(F)CCC(N)CC1. The van der Waals surface area contributed by atoms with Gasteiger partial charge in [0.05, 0.1) is 6.61 Å². The lowest BCUT2D eigenvalue weighted by Crippen LogP contribution is -2.37. The van der Waals surface area contributed by atoms with Crippen LogP contribution in [0.4, 0.5) is 4.39 Å². The fourth-order valence-corrected chi connectivity index (χ4v) is 1.75. The van der Waals surface area contributed by atoms with E-state index in [2.05, 4.69) is 6.58 Å². The highest BCUT2D eigenvalue weighted by molar-refractivity contribution is 5.15. The van der Waals surface area contributed by atoms with Crippen molar-refractivity contribution in [3.05, 3.63) is 12.2 Å². The van der Waals surface area contributed by atoms with Crippen molar-refractivity contribution in [3.63, 3.8) is 0 Å². The van der Waals surface area contributed by atoms with Crippen LogP contribution in [0.3, 0.4) is 0 Å². The predicted molar refractivity (Wildman–Crippen MR) is 51.3 cm³/mol. The largest absolute Gasteiger partial charge is 0.380 e. The standard InChI is InChI=1S/C10H18FNO/c1-8(7-13-2)10(11)5-3-9(12)4-6-10/h9H,1,3-7,12H2,2H3. The van der Waals surface area contributed by atoms with Crippen LogP contribution < -0.4 is 5.73 Å². The molecule has 1 rings (SSSR count). The molecule has 0 unspecified atom stereocenters. The molecule has 2 nitrogen and oxygen atoms in total. The Morgan fingerprint density at radius 2 is 2.15 bits per heavy atom. The Bertz CT molecular complexity index is 185. The van der Waals surface area contributed by atoms with Crippen molar-refractivity contribution >= 4 is 0 Å². The van der Waals surface area contributed by atoms with Crippen molar-refractivity contribution in [2.75, 3.05) is 13.7 Å². The number of hydrogen-bond donors (Lipinski definition) is 1. The fourth-order valence-electron chi connectivity index (χ4n) is 1.75. The van der Waals surface area contributed by atoms with Gasteiger partial charge in [-0.05, 0) is 31.3 Å². The van der Waals surface area contributed by atoms with E-state index in [0.29, 0.717) is 25.0 Å². The van der Waals surface area contributed by atoms with E-state index in [1.54, 1.807) is 7.11 Å². The maximum absolute atomic E-state index is 14.1. The van der Waals surface area contributed by atoms with Crippen molar-refractivity contribution in [2.45, 2.75) is 37.4 Å². The minimum atomic E-state index is -1.23. The Kier molecular flexibility index (Phi) is 3.45. The molecule has 0 heterocycles. The predicted octanol–water partition coefficient (Wildman–Crippen LogP) is 1.80. The second-order valence-electron chi connectivity index (χ2n) is 3.84. The monoisotopic (exact) mass is 187 g/mol. The van der Waals surface area contributed by atoms with Gasteiger partial charge in [0.1, 0.15) is 5.67 Å². The molecule has 1 aliphatic rings. The van der Waals surface area contributed by atoms with Gasteiger partial charge in [-0.2, -0.15) is 0 Å². The summed E-state index contributed by atoms with van der Waals surface area (Å²) in [5.41, 5.74) is 5.03. The van der Waals surface area contributed by atoms with E-state index in [1.165, 1.54) is 0 Å². The van der Waals surface area contributed by atoms with E-state index in [4.69, 9.17) is 10.5 Å². The van der Waals surface area contributed by atoms with Gasteiger partial charge >= 0.3 is 0 Å². The lowest BCUT2D eigenvalue weighted by atomic mass is 9.80. The number of nitrogens with two attached hydrogens (primary N) is 1. The van der Waals surface area contributed by atoms with Gasteiger partial charge in [-0.3, -0.25) is 0 Å². The molecule has 13 heavy (non-hydrogen) atoms. The number of halogens is 1. The van der Waals surface area contributed by atoms with Gasteiger partial charge in [0.15, 0.2) is 0 Å². The zero-order valence-corrected chi connectivity index (χ0v) is 8.18. The first-order valence-electron chi connectivity index (χ1n) is 4.70. The molecule has 0 amide bonds. The normalized spacial score (nSPS) is 34.5. The molecule has 0 aromatic carbocycles. The topological polar surface area (TPSA) is 35.2 Å². The molecule has 0 radical (unpaired) electrons. The van der Waals surface area contributed by atoms with Crippen LogP contribution in [-0.4, -0.2) is 25.4 Å². The molecule has 0 aromatic rings. The van der Waals surface area contributed by atoms with Crippen LogP contribution in [0, 0.1) is 0 Å². The molecule has 0 atom stereocenters. The van der Waals surface area contributed by atoms with Crippen LogP contribution in [0.15, 0.2) is 12.2 Å². The van der Waals surface area contributed by atoms with Crippen molar-refractivity contribution in [2.24, 2.45) is 5.73 Å². The number of alkyl halides is 1. The summed E-state index contributed by atoms with van der Waals surface area (Å²) < 4.78 is 19.0. The van der Waals surface area contributed by atoms with Crippen LogP contribution in [0.2, 0.25) is 0 Å². The lowest BCUT2D eigenvalue weighted by molar-refractivity contribution is 0.111. The summed E-state index contributed by atoms with van der Waals surface area (Å²) in [7, 11) is 1.56. The molecule has 0 aliphatic heterocycles. The lowest BCUT2D eigenvalue weighted by Gasteiger charge is -2.33. The Labute approximate surface area is 78.9 Å². The molecule has 1 fully saturated rings.